The van der Waals surface area contributed by atoms with Crippen LogP contribution in [0.2, 0.25) is 0 Å². The largest absolute Gasteiger partial charge is 0.381 e. The SMILES string of the molecule is Cc1cc(C(=O)N(Cc2cccs2)C2CCOCC2)no1. The Morgan fingerprint density at radius 2 is 2.29 bits per heavy atom. The topological polar surface area (TPSA) is 55.6 Å². The van der Waals surface area contributed by atoms with E-state index in [0.717, 1.165) is 12.8 Å². The second-order valence-electron chi connectivity index (χ2n) is 5.18. The van der Waals surface area contributed by atoms with E-state index >= 15 is 0 Å². The van der Waals surface area contributed by atoms with Crippen molar-refractivity contribution in [3.8, 4) is 0 Å². The highest BCUT2D eigenvalue weighted by Crippen LogP contribution is 2.22. The molecule has 3 heterocycles. The molecular weight excluding hydrogens is 288 g/mol. The molecule has 21 heavy (non-hydrogen) atoms. The summed E-state index contributed by atoms with van der Waals surface area (Å²) in [5.41, 5.74) is 0.385. The van der Waals surface area contributed by atoms with Crippen molar-refractivity contribution in [3.63, 3.8) is 0 Å². The fraction of sp³-hybridized carbons (Fsp3) is 0.467. The van der Waals surface area contributed by atoms with Gasteiger partial charge in [-0.1, -0.05) is 11.2 Å². The smallest absolute Gasteiger partial charge is 0.276 e. The molecule has 0 N–H and O–H groups in total. The highest BCUT2D eigenvalue weighted by Gasteiger charge is 2.28. The van der Waals surface area contributed by atoms with Crippen LogP contribution < -0.4 is 0 Å². The first-order valence-electron chi connectivity index (χ1n) is 7.08. The number of nitrogens with zero attached hydrogens (tertiary/aromatic N) is 2. The summed E-state index contributed by atoms with van der Waals surface area (Å²) in [5, 5.41) is 5.90. The molecule has 1 fully saturated rings. The lowest BCUT2D eigenvalue weighted by atomic mass is 10.1. The Hall–Kier alpha value is -1.66. The average molecular weight is 306 g/mol. The van der Waals surface area contributed by atoms with Crippen LogP contribution in [0, 0.1) is 6.92 Å². The first-order valence-corrected chi connectivity index (χ1v) is 7.96. The third-order valence-corrected chi connectivity index (χ3v) is 4.51. The molecule has 0 spiro atoms. The Bertz CT molecular complexity index is 588. The standard InChI is InChI=1S/C15H18N2O3S/c1-11-9-14(16-20-11)15(18)17(10-13-3-2-8-21-13)12-4-6-19-7-5-12/h2-3,8-9,12H,4-7,10H2,1H3. The van der Waals surface area contributed by atoms with Crippen molar-refractivity contribution in [1.29, 1.82) is 0 Å². The molecule has 112 valence electrons. The van der Waals surface area contributed by atoms with Crippen LogP contribution in [0.4, 0.5) is 0 Å². The van der Waals surface area contributed by atoms with E-state index in [1.54, 1.807) is 24.3 Å². The fourth-order valence-corrected chi connectivity index (χ4v) is 3.25. The van der Waals surface area contributed by atoms with Gasteiger partial charge in [-0.3, -0.25) is 4.79 Å². The van der Waals surface area contributed by atoms with Crippen molar-refractivity contribution in [1.82, 2.24) is 10.1 Å². The minimum atomic E-state index is -0.0628. The molecule has 0 atom stereocenters. The molecule has 0 aromatic carbocycles. The fourth-order valence-electron chi connectivity index (χ4n) is 2.55. The molecule has 1 aliphatic heterocycles. The molecule has 6 heteroatoms. The quantitative estimate of drug-likeness (QED) is 0.871. The van der Waals surface area contributed by atoms with Gasteiger partial charge in [0, 0.05) is 30.2 Å². The Morgan fingerprint density at radius 1 is 1.48 bits per heavy atom. The minimum Gasteiger partial charge on any atom is -0.381 e. The van der Waals surface area contributed by atoms with Gasteiger partial charge in [-0.15, -0.1) is 11.3 Å². The van der Waals surface area contributed by atoms with Gasteiger partial charge in [0.1, 0.15) is 5.76 Å². The number of aryl methyl sites for hydroxylation is 1. The molecule has 2 aromatic heterocycles. The van der Waals surface area contributed by atoms with Gasteiger partial charge >= 0.3 is 0 Å². The van der Waals surface area contributed by atoms with Crippen LogP contribution >= 0.6 is 11.3 Å². The molecular formula is C15H18N2O3S. The Labute approximate surface area is 127 Å². The van der Waals surface area contributed by atoms with E-state index < -0.39 is 0 Å². The van der Waals surface area contributed by atoms with Crippen LogP contribution in [0.15, 0.2) is 28.1 Å². The van der Waals surface area contributed by atoms with E-state index in [9.17, 15) is 4.79 Å². The number of hydrogen-bond acceptors (Lipinski definition) is 5. The third-order valence-electron chi connectivity index (χ3n) is 3.65. The van der Waals surface area contributed by atoms with Crippen molar-refractivity contribution < 1.29 is 14.1 Å². The summed E-state index contributed by atoms with van der Waals surface area (Å²) in [6.07, 6.45) is 1.74. The lowest BCUT2D eigenvalue weighted by Crippen LogP contribution is -2.43. The van der Waals surface area contributed by atoms with Crippen molar-refractivity contribution in [2.24, 2.45) is 0 Å². The van der Waals surface area contributed by atoms with Gasteiger partial charge in [-0.25, -0.2) is 0 Å². The summed E-state index contributed by atoms with van der Waals surface area (Å²) in [6.45, 7) is 3.82. The molecule has 0 bridgehead atoms. The summed E-state index contributed by atoms with van der Waals surface area (Å²) >= 11 is 1.66. The van der Waals surface area contributed by atoms with Crippen LogP contribution in [0.1, 0.15) is 34.0 Å². The van der Waals surface area contributed by atoms with E-state index in [1.807, 2.05) is 16.3 Å². The zero-order chi connectivity index (χ0) is 14.7. The Morgan fingerprint density at radius 3 is 2.90 bits per heavy atom. The number of ether oxygens (including phenoxy) is 1. The zero-order valence-corrected chi connectivity index (χ0v) is 12.8. The lowest BCUT2D eigenvalue weighted by Gasteiger charge is -2.33. The van der Waals surface area contributed by atoms with Crippen molar-refractivity contribution in [2.45, 2.75) is 32.4 Å². The molecule has 0 saturated carbocycles. The van der Waals surface area contributed by atoms with Crippen LogP contribution in [-0.2, 0) is 11.3 Å². The number of amides is 1. The highest BCUT2D eigenvalue weighted by atomic mass is 32.1. The summed E-state index contributed by atoms with van der Waals surface area (Å²) in [4.78, 5) is 15.8. The van der Waals surface area contributed by atoms with Gasteiger partial charge in [0.2, 0.25) is 0 Å². The van der Waals surface area contributed by atoms with Crippen LogP contribution in [0.3, 0.4) is 0 Å². The summed E-state index contributed by atoms with van der Waals surface area (Å²) in [5.74, 6) is 0.591. The molecule has 1 amide bonds. The predicted molar refractivity (Wildman–Crippen MR) is 79.3 cm³/mol. The maximum Gasteiger partial charge on any atom is 0.276 e. The Kier molecular flexibility index (Phi) is 4.36. The number of thiophene rings is 1. The maximum atomic E-state index is 12.8. The molecule has 0 aliphatic carbocycles. The lowest BCUT2D eigenvalue weighted by molar-refractivity contribution is 0.0264. The van der Waals surface area contributed by atoms with Gasteiger partial charge in [0.15, 0.2) is 5.69 Å². The van der Waals surface area contributed by atoms with Gasteiger partial charge in [-0.2, -0.15) is 0 Å². The van der Waals surface area contributed by atoms with Crippen LogP contribution in [0.25, 0.3) is 0 Å². The van der Waals surface area contributed by atoms with Gasteiger partial charge in [0.05, 0.1) is 6.54 Å². The summed E-state index contributed by atoms with van der Waals surface area (Å²) in [7, 11) is 0. The van der Waals surface area contributed by atoms with Crippen molar-refractivity contribution in [2.75, 3.05) is 13.2 Å². The molecule has 5 nitrogen and oxygen atoms in total. The predicted octanol–water partition coefficient (Wildman–Crippen LogP) is 2.87. The zero-order valence-electron chi connectivity index (χ0n) is 11.9. The second-order valence-corrected chi connectivity index (χ2v) is 6.21. The van der Waals surface area contributed by atoms with E-state index in [4.69, 9.17) is 9.26 Å². The Balaban J connectivity index is 1.81. The number of aromatic nitrogens is 1. The summed E-state index contributed by atoms with van der Waals surface area (Å²) in [6, 6.07) is 5.96. The number of hydrogen-bond donors (Lipinski definition) is 0. The van der Waals surface area contributed by atoms with Gasteiger partial charge < -0.3 is 14.2 Å². The molecule has 0 radical (unpaired) electrons. The van der Waals surface area contributed by atoms with Crippen LogP contribution in [0.5, 0.6) is 0 Å². The maximum absolute atomic E-state index is 12.8. The minimum absolute atomic E-state index is 0.0628. The second kappa shape index (κ2) is 6.41. The van der Waals surface area contributed by atoms with Crippen molar-refractivity contribution >= 4 is 17.2 Å². The molecule has 1 aliphatic rings. The number of carbonyl (C=O) groups excluding carboxylic acids is 1. The third kappa shape index (κ3) is 3.33. The first kappa shape index (κ1) is 14.3. The molecule has 2 aromatic rings. The monoisotopic (exact) mass is 306 g/mol. The van der Waals surface area contributed by atoms with E-state index in [1.165, 1.54) is 4.88 Å². The van der Waals surface area contributed by atoms with Crippen molar-refractivity contribution in [3.05, 3.63) is 39.9 Å². The highest BCUT2D eigenvalue weighted by molar-refractivity contribution is 7.09. The summed E-state index contributed by atoms with van der Waals surface area (Å²) < 4.78 is 10.4. The number of rotatable bonds is 4. The van der Waals surface area contributed by atoms with Crippen LogP contribution in [-0.4, -0.2) is 35.2 Å². The van der Waals surface area contributed by atoms with E-state index in [2.05, 4.69) is 11.2 Å². The number of carbonyl (C=O) groups is 1. The molecule has 3 rings (SSSR count). The first-order chi connectivity index (χ1) is 10.2. The van der Waals surface area contributed by atoms with E-state index in [-0.39, 0.29) is 11.9 Å². The normalized spacial score (nSPS) is 16.0. The van der Waals surface area contributed by atoms with Gasteiger partial charge in [-0.05, 0) is 31.2 Å². The van der Waals surface area contributed by atoms with E-state index in [0.29, 0.717) is 31.2 Å². The molecule has 1 saturated heterocycles. The average Bonchev–Trinajstić information content (AvgIpc) is 3.16. The molecule has 0 unspecified atom stereocenters. The van der Waals surface area contributed by atoms with Gasteiger partial charge in [0.25, 0.3) is 5.91 Å².